The van der Waals surface area contributed by atoms with Crippen molar-refractivity contribution in [2.45, 2.75) is 57.8 Å². The van der Waals surface area contributed by atoms with E-state index in [0.717, 1.165) is 19.3 Å². The van der Waals surface area contributed by atoms with Crippen LogP contribution >= 0.6 is 22.6 Å². The summed E-state index contributed by atoms with van der Waals surface area (Å²) >= 11 is 2.50. The fourth-order valence-electron chi connectivity index (χ4n) is 4.66. The average molecular weight is 511 g/mol. The predicted molar refractivity (Wildman–Crippen MR) is 139 cm³/mol. The quantitative estimate of drug-likeness (QED) is 0.123. The molecule has 0 aromatic heterocycles. The Bertz CT molecular complexity index is 709. The van der Waals surface area contributed by atoms with Crippen molar-refractivity contribution in [2.24, 2.45) is 5.41 Å². The van der Waals surface area contributed by atoms with Gasteiger partial charge in [0, 0.05) is 0 Å². The molecule has 0 amide bonds. The second kappa shape index (κ2) is 12.9. The number of hydrogen-bond acceptors (Lipinski definition) is 0. The topological polar surface area (TPSA) is 0 Å². The molecule has 0 saturated carbocycles. The molecule has 0 bridgehead atoms. The predicted octanol–water partition coefficient (Wildman–Crippen LogP) is 8.48. The van der Waals surface area contributed by atoms with E-state index in [1.807, 2.05) is 0 Å². The third-order valence-electron chi connectivity index (χ3n) is 6.11. The Labute approximate surface area is 197 Å². The Morgan fingerprint density at radius 3 is 1.23 bits per heavy atom. The molecule has 0 heterocycles. The van der Waals surface area contributed by atoms with Crippen LogP contribution in [-0.4, -0.2) is 4.43 Å². The number of alkyl halides is 1. The van der Waals surface area contributed by atoms with Gasteiger partial charge in [-0.05, 0) is 58.6 Å². The van der Waals surface area contributed by atoms with Crippen molar-refractivity contribution in [3.63, 3.8) is 0 Å². The van der Waals surface area contributed by atoms with Crippen molar-refractivity contribution in [3.8, 4) is 0 Å². The van der Waals surface area contributed by atoms with E-state index in [9.17, 15) is 0 Å². The molecule has 0 radical (unpaired) electrons. The van der Waals surface area contributed by atoms with Crippen molar-refractivity contribution in [2.75, 3.05) is 4.43 Å². The number of benzene rings is 3. The van der Waals surface area contributed by atoms with Gasteiger partial charge in [-0.2, -0.15) is 0 Å². The van der Waals surface area contributed by atoms with Gasteiger partial charge in [-0.1, -0.05) is 139 Å². The first-order chi connectivity index (χ1) is 14.8. The van der Waals surface area contributed by atoms with Crippen LogP contribution in [0.15, 0.2) is 91.0 Å². The number of halogens is 1. The maximum atomic E-state index is 2.50. The van der Waals surface area contributed by atoms with Crippen molar-refractivity contribution < 1.29 is 0 Å². The molecule has 0 unspecified atom stereocenters. The van der Waals surface area contributed by atoms with Gasteiger partial charge in [-0.15, -0.1) is 0 Å². The van der Waals surface area contributed by atoms with Crippen LogP contribution in [-0.2, 0) is 19.3 Å². The molecule has 0 aliphatic rings. The molecular formula is C29H35I. The number of unbranched alkanes of at least 4 members (excludes halogenated alkanes) is 4. The maximum absolute atomic E-state index is 2.50. The second-order valence-electron chi connectivity index (χ2n) is 8.69. The molecule has 3 aromatic rings. The lowest BCUT2D eigenvalue weighted by Gasteiger charge is -2.35. The molecule has 0 aliphatic heterocycles. The normalized spacial score (nSPS) is 11.5. The van der Waals surface area contributed by atoms with Gasteiger partial charge in [-0.25, -0.2) is 0 Å². The van der Waals surface area contributed by atoms with Crippen LogP contribution in [0.25, 0.3) is 0 Å². The SMILES string of the molecule is ICCCCCCCC(Cc1ccccc1)(Cc1ccccc1)Cc1ccccc1. The molecule has 0 fully saturated rings. The van der Waals surface area contributed by atoms with Crippen LogP contribution in [0.2, 0.25) is 0 Å². The molecule has 1 heteroatoms. The molecule has 3 aromatic carbocycles. The van der Waals surface area contributed by atoms with Gasteiger partial charge in [0.1, 0.15) is 0 Å². The van der Waals surface area contributed by atoms with E-state index in [4.69, 9.17) is 0 Å². The van der Waals surface area contributed by atoms with Crippen molar-refractivity contribution in [3.05, 3.63) is 108 Å². The van der Waals surface area contributed by atoms with Gasteiger partial charge < -0.3 is 0 Å². The summed E-state index contributed by atoms with van der Waals surface area (Å²) in [6, 6.07) is 33.4. The van der Waals surface area contributed by atoms with E-state index in [-0.39, 0.29) is 5.41 Å². The highest BCUT2D eigenvalue weighted by molar-refractivity contribution is 14.1. The summed E-state index contributed by atoms with van der Waals surface area (Å²) < 4.78 is 1.29. The lowest BCUT2D eigenvalue weighted by atomic mass is 9.69. The molecule has 0 N–H and O–H groups in total. The molecule has 0 nitrogen and oxygen atoms in total. The zero-order valence-corrected chi connectivity index (χ0v) is 20.3. The van der Waals surface area contributed by atoms with E-state index in [1.54, 1.807) is 0 Å². The minimum atomic E-state index is 0.257. The molecular weight excluding hydrogens is 475 g/mol. The van der Waals surface area contributed by atoms with Gasteiger partial charge in [0.25, 0.3) is 0 Å². The summed E-state index contributed by atoms with van der Waals surface area (Å²) in [5.41, 5.74) is 4.66. The minimum Gasteiger partial charge on any atom is -0.0864 e. The van der Waals surface area contributed by atoms with Crippen molar-refractivity contribution >= 4 is 22.6 Å². The molecule has 0 aliphatic carbocycles. The van der Waals surface area contributed by atoms with Gasteiger partial charge in [0.2, 0.25) is 0 Å². The summed E-state index contributed by atoms with van der Waals surface area (Å²) in [6.07, 6.45) is 11.5. The Balaban J connectivity index is 1.82. The highest BCUT2D eigenvalue weighted by Crippen LogP contribution is 2.37. The fourth-order valence-corrected chi connectivity index (χ4v) is 5.20. The molecule has 158 valence electrons. The first kappa shape index (κ1) is 23.1. The van der Waals surface area contributed by atoms with Gasteiger partial charge in [0.05, 0.1) is 0 Å². The summed E-state index contributed by atoms with van der Waals surface area (Å²) in [6.45, 7) is 0. The van der Waals surface area contributed by atoms with E-state index in [0.29, 0.717) is 0 Å². The Morgan fingerprint density at radius 2 is 0.833 bits per heavy atom. The summed E-state index contributed by atoms with van der Waals surface area (Å²) in [4.78, 5) is 0. The third-order valence-corrected chi connectivity index (χ3v) is 6.87. The minimum absolute atomic E-state index is 0.257. The molecule has 30 heavy (non-hydrogen) atoms. The maximum Gasteiger partial charge on any atom is -0.000473 e. The van der Waals surface area contributed by atoms with E-state index < -0.39 is 0 Å². The van der Waals surface area contributed by atoms with Crippen LogP contribution < -0.4 is 0 Å². The average Bonchev–Trinajstić information content (AvgIpc) is 2.78. The lowest BCUT2D eigenvalue weighted by molar-refractivity contribution is 0.243. The molecule has 0 atom stereocenters. The summed E-state index contributed by atoms with van der Waals surface area (Å²) in [5, 5.41) is 0. The lowest BCUT2D eigenvalue weighted by Crippen LogP contribution is -2.30. The van der Waals surface area contributed by atoms with E-state index in [1.165, 1.54) is 59.6 Å². The van der Waals surface area contributed by atoms with Crippen LogP contribution in [0, 0.1) is 5.41 Å². The smallest absolute Gasteiger partial charge is 0.000473 e. The molecule has 0 spiro atoms. The van der Waals surface area contributed by atoms with Crippen LogP contribution in [0.1, 0.15) is 55.2 Å². The number of rotatable bonds is 13. The van der Waals surface area contributed by atoms with Crippen LogP contribution in [0.5, 0.6) is 0 Å². The standard InChI is InChI=1S/C29H35I/c30-22-14-3-1-2-13-21-29(23-26-15-7-4-8-16-26,24-27-17-9-5-10-18-27)25-28-19-11-6-12-20-28/h4-12,15-20H,1-3,13-14,21-25H2. The zero-order chi connectivity index (χ0) is 20.9. The van der Waals surface area contributed by atoms with Crippen molar-refractivity contribution in [1.82, 2.24) is 0 Å². The Kier molecular flexibility index (Phi) is 9.95. The van der Waals surface area contributed by atoms with E-state index in [2.05, 4.69) is 114 Å². The highest BCUT2D eigenvalue weighted by Gasteiger charge is 2.30. The molecule has 3 rings (SSSR count). The zero-order valence-electron chi connectivity index (χ0n) is 18.1. The summed E-state index contributed by atoms with van der Waals surface area (Å²) in [7, 11) is 0. The third kappa shape index (κ3) is 7.91. The van der Waals surface area contributed by atoms with Crippen LogP contribution in [0.4, 0.5) is 0 Å². The summed E-state index contributed by atoms with van der Waals surface area (Å²) in [5.74, 6) is 0. The first-order valence-corrected chi connectivity index (χ1v) is 13.0. The first-order valence-electron chi connectivity index (χ1n) is 11.5. The van der Waals surface area contributed by atoms with Gasteiger partial charge in [0.15, 0.2) is 0 Å². The van der Waals surface area contributed by atoms with E-state index >= 15 is 0 Å². The monoisotopic (exact) mass is 510 g/mol. The van der Waals surface area contributed by atoms with Gasteiger partial charge >= 0.3 is 0 Å². The Hall–Kier alpha value is -1.61. The van der Waals surface area contributed by atoms with Gasteiger partial charge in [-0.3, -0.25) is 0 Å². The Morgan fingerprint density at radius 1 is 0.467 bits per heavy atom. The fraction of sp³-hybridized carbons (Fsp3) is 0.379. The second-order valence-corrected chi connectivity index (χ2v) is 9.77. The largest absolute Gasteiger partial charge is 0.0864 e. The number of hydrogen-bond donors (Lipinski definition) is 0. The highest BCUT2D eigenvalue weighted by atomic mass is 127. The van der Waals surface area contributed by atoms with Crippen LogP contribution in [0.3, 0.4) is 0 Å². The molecule has 0 saturated heterocycles. The van der Waals surface area contributed by atoms with Crippen molar-refractivity contribution in [1.29, 1.82) is 0 Å².